The van der Waals surface area contributed by atoms with Crippen LogP contribution in [0.25, 0.3) is 0 Å². The third-order valence-corrected chi connectivity index (χ3v) is 2.97. The Labute approximate surface area is 94.7 Å². The van der Waals surface area contributed by atoms with Crippen LogP contribution in [0.2, 0.25) is 0 Å². The minimum Gasteiger partial charge on any atom is -0.475 e. The van der Waals surface area contributed by atoms with Crippen LogP contribution in [0.5, 0.6) is 0 Å². The number of aromatic carboxylic acids is 1. The molecule has 1 aromatic heterocycles. The van der Waals surface area contributed by atoms with Gasteiger partial charge in [0.25, 0.3) is 0 Å². The number of oxazole rings is 1. The van der Waals surface area contributed by atoms with E-state index < -0.39 is 5.97 Å². The van der Waals surface area contributed by atoms with Gasteiger partial charge in [0.2, 0.25) is 5.76 Å². The Morgan fingerprint density at radius 2 is 2.31 bits per heavy atom. The molecule has 4 nitrogen and oxygen atoms in total. The summed E-state index contributed by atoms with van der Waals surface area (Å²) in [5.41, 5.74) is 0.658. The van der Waals surface area contributed by atoms with Gasteiger partial charge in [-0.3, -0.25) is 0 Å². The lowest BCUT2D eigenvalue weighted by Gasteiger charge is -2.03. The monoisotopic (exact) mass is 223 g/mol. The molecule has 88 valence electrons. The van der Waals surface area contributed by atoms with Gasteiger partial charge in [-0.15, -0.1) is 0 Å². The summed E-state index contributed by atoms with van der Waals surface area (Å²) >= 11 is 0. The zero-order valence-corrected chi connectivity index (χ0v) is 9.69. The number of hydrogen-bond acceptors (Lipinski definition) is 3. The van der Waals surface area contributed by atoms with E-state index in [1.165, 1.54) is 0 Å². The summed E-state index contributed by atoms with van der Waals surface area (Å²) in [6.45, 7) is 4.12. The average Bonchev–Trinajstić information content (AvgIpc) is 2.97. The zero-order valence-electron chi connectivity index (χ0n) is 9.69. The third-order valence-electron chi connectivity index (χ3n) is 2.97. The minimum atomic E-state index is -0.996. The zero-order chi connectivity index (χ0) is 11.7. The first-order valence-corrected chi connectivity index (χ1v) is 5.87. The molecule has 0 saturated heterocycles. The molecule has 1 saturated carbocycles. The molecule has 0 spiro atoms. The Morgan fingerprint density at radius 1 is 1.62 bits per heavy atom. The van der Waals surface area contributed by atoms with Crippen molar-refractivity contribution >= 4 is 5.97 Å². The van der Waals surface area contributed by atoms with Crippen molar-refractivity contribution in [2.24, 2.45) is 0 Å². The average molecular weight is 223 g/mol. The first kappa shape index (κ1) is 11.2. The normalized spacial score (nSPS) is 17.4. The van der Waals surface area contributed by atoms with Crippen molar-refractivity contribution in [2.45, 2.75) is 51.4 Å². The Hall–Kier alpha value is -1.32. The highest BCUT2D eigenvalue weighted by Crippen LogP contribution is 2.42. The largest absolute Gasteiger partial charge is 0.475 e. The molecule has 1 aliphatic carbocycles. The van der Waals surface area contributed by atoms with Crippen LogP contribution < -0.4 is 0 Å². The molecule has 16 heavy (non-hydrogen) atoms. The lowest BCUT2D eigenvalue weighted by molar-refractivity contribution is 0.0658. The van der Waals surface area contributed by atoms with Crippen molar-refractivity contribution in [1.82, 2.24) is 4.98 Å². The molecule has 0 amide bonds. The summed E-state index contributed by atoms with van der Waals surface area (Å²) in [7, 11) is 0. The van der Waals surface area contributed by atoms with Crippen LogP contribution in [-0.2, 0) is 0 Å². The number of nitrogens with zero attached hydrogens (tertiary/aromatic N) is 1. The van der Waals surface area contributed by atoms with E-state index in [2.05, 4.69) is 11.9 Å². The summed E-state index contributed by atoms with van der Waals surface area (Å²) in [5, 5.41) is 9.03. The fourth-order valence-electron chi connectivity index (χ4n) is 1.90. The van der Waals surface area contributed by atoms with Crippen LogP contribution in [0, 0.1) is 0 Å². The topological polar surface area (TPSA) is 63.3 Å². The molecule has 4 heteroatoms. The second-order valence-electron chi connectivity index (χ2n) is 4.54. The quantitative estimate of drug-likeness (QED) is 0.832. The molecule has 1 heterocycles. The van der Waals surface area contributed by atoms with E-state index >= 15 is 0 Å². The number of carboxylic acids is 1. The molecule has 1 unspecified atom stereocenters. The summed E-state index contributed by atoms with van der Waals surface area (Å²) in [5.74, 6) is 0.166. The molecule has 0 radical (unpaired) electrons. The van der Waals surface area contributed by atoms with Gasteiger partial charge >= 0.3 is 5.97 Å². The standard InChI is InChI=1S/C12H17NO3/c1-3-4-7(2)11-13-9(8-5-6-8)10(16-11)12(14)15/h7-8H,3-6H2,1-2H3,(H,14,15). The highest BCUT2D eigenvalue weighted by atomic mass is 16.4. The molecule has 1 atom stereocenters. The summed E-state index contributed by atoms with van der Waals surface area (Å²) < 4.78 is 5.38. The van der Waals surface area contributed by atoms with Gasteiger partial charge in [-0.2, -0.15) is 0 Å². The Morgan fingerprint density at radius 3 is 2.81 bits per heavy atom. The Kier molecular flexibility index (Phi) is 2.99. The van der Waals surface area contributed by atoms with Crippen molar-refractivity contribution in [2.75, 3.05) is 0 Å². The lowest BCUT2D eigenvalue weighted by Crippen LogP contribution is -1.98. The second kappa shape index (κ2) is 4.28. The smallest absolute Gasteiger partial charge is 0.373 e. The number of hydrogen-bond donors (Lipinski definition) is 1. The van der Waals surface area contributed by atoms with Crippen molar-refractivity contribution in [1.29, 1.82) is 0 Å². The van der Waals surface area contributed by atoms with E-state index in [9.17, 15) is 4.79 Å². The highest BCUT2D eigenvalue weighted by molar-refractivity contribution is 5.86. The van der Waals surface area contributed by atoms with Crippen molar-refractivity contribution in [3.05, 3.63) is 17.3 Å². The molecule has 1 fully saturated rings. The molecule has 0 aromatic carbocycles. The van der Waals surface area contributed by atoms with Crippen LogP contribution in [-0.4, -0.2) is 16.1 Å². The first-order valence-electron chi connectivity index (χ1n) is 5.87. The van der Waals surface area contributed by atoms with Crippen molar-refractivity contribution in [3.63, 3.8) is 0 Å². The second-order valence-corrected chi connectivity index (χ2v) is 4.54. The minimum absolute atomic E-state index is 0.0560. The molecule has 0 aliphatic heterocycles. The fourth-order valence-corrected chi connectivity index (χ4v) is 1.90. The van der Waals surface area contributed by atoms with Crippen LogP contribution in [0.3, 0.4) is 0 Å². The molecule has 2 rings (SSSR count). The van der Waals surface area contributed by atoms with Gasteiger partial charge in [0, 0.05) is 11.8 Å². The van der Waals surface area contributed by atoms with Crippen LogP contribution >= 0.6 is 0 Å². The van der Waals surface area contributed by atoms with E-state index in [1.807, 2.05) is 6.92 Å². The molecule has 1 N–H and O–H groups in total. The van der Waals surface area contributed by atoms with E-state index in [1.54, 1.807) is 0 Å². The van der Waals surface area contributed by atoms with Gasteiger partial charge < -0.3 is 9.52 Å². The predicted octanol–water partition coefficient (Wildman–Crippen LogP) is 3.15. The van der Waals surface area contributed by atoms with E-state index in [4.69, 9.17) is 9.52 Å². The first-order chi connectivity index (χ1) is 7.63. The van der Waals surface area contributed by atoms with Crippen LogP contribution in [0.1, 0.15) is 73.5 Å². The number of carbonyl (C=O) groups is 1. The molecule has 1 aromatic rings. The lowest BCUT2D eigenvalue weighted by atomic mass is 10.1. The molecular formula is C12H17NO3. The van der Waals surface area contributed by atoms with E-state index in [0.717, 1.165) is 25.7 Å². The Bertz CT molecular complexity index is 393. The van der Waals surface area contributed by atoms with E-state index in [-0.39, 0.29) is 11.7 Å². The van der Waals surface area contributed by atoms with E-state index in [0.29, 0.717) is 17.5 Å². The fraction of sp³-hybridized carbons (Fsp3) is 0.667. The predicted molar refractivity (Wildman–Crippen MR) is 58.8 cm³/mol. The maximum atomic E-state index is 11.0. The highest BCUT2D eigenvalue weighted by Gasteiger charge is 2.34. The molecule has 0 bridgehead atoms. The van der Waals surface area contributed by atoms with Gasteiger partial charge in [-0.25, -0.2) is 9.78 Å². The van der Waals surface area contributed by atoms with Gasteiger partial charge in [0.15, 0.2) is 5.89 Å². The number of aromatic nitrogens is 1. The number of carboxylic acid groups (broad SMARTS) is 1. The number of rotatable bonds is 5. The van der Waals surface area contributed by atoms with Gasteiger partial charge in [0.05, 0.1) is 5.69 Å². The van der Waals surface area contributed by atoms with Crippen molar-refractivity contribution in [3.8, 4) is 0 Å². The SMILES string of the molecule is CCCC(C)c1nc(C2CC2)c(C(=O)O)o1. The maximum Gasteiger partial charge on any atom is 0.373 e. The van der Waals surface area contributed by atoms with Gasteiger partial charge in [-0.1, -0.05) is 20.3 Å². The molecular weight excluding hydrogens is 206 g/mol. The van der Waals surface area contributed by atoms with Gasteiger partial charge in [-0.05, 0) is 19.3 Å². The summed E-state index contributed by atoms with van der Waals surface area (Å²) in [6.07, 6.45) is 4.09. The maximum absolute atomic E-state index is 11.0. The van der Waals surface area contributed by atoms with Gasteiger partial charge in [0.1, 0.15) is 0 Å². The molecule has 1 aliphatic rings. The van der Waals surface area contributed by atoms with Crippen LogP contribution in [0.4, 0.5) is 0 Å². The Balaban J connectivity index is 2.27. The summed E-state index contributed by atoms with van der Waals surface area (Å²) in [6, 6.07) is 0. The summed E-state index contributed by atoms with van der Waals surface area (Å²) in [4.78, 5) is 15.4. The van der Waals surface area contributed by atoms with Crippen LogP contribution in [0.15, 0.2) is 4.42 Å². The third kappa shape index (κ3) is 2.10. The van der Waals surface area contributed by atoms with Crippen molar-refractivity contribution < 1.29 is 14.3 Å².